The summed E-state index contributed by atoms with van der Waals surface area (Å²) in [6.07, 6.45) is 0. The highest BCUT2D eigenvalue weighted by Crippen LogP contribution is 2.23. The van der Waals surface area contributed by atoms with E-state index in [-0.39, 0.29) is 10.6 Å². The maximum atomic E-state index is 13.4. The molecule has 0 atom stereocenters. The number of halogens is 3. The van der Waals surface area contributed by atoms with E-state index in [0.29, 0.717) is 12.1 Å². The molecule has 0 fully saturated rings. The average Bonchev–Trinajstić information content (AvgIpc) is 2.44. The first kappa shape index (κ1) is 10.9. The van der Waals surface area contributed by atoms with Crippen LogP contribution in [0.25, 0.3) is 11.4 Å². The summed E-state index contributed by atoms with van der Waals surface area (Å²) in [5.74, 6) is -3.10. The summed E-state index contributed by atoms with van der Waals surface area (Å²) in [6, 6.07) is 1.17. The van der Waals surface area contributed by atoms with Gasteiger partial charge in [-0.2, -0.15) is 4.98 Å². The Kier molecular flexibility index (Phi) is 2.55. The number of nitrogens with zero attached hydrogens (tertiary/aromatic N) is 2. The molecular formula is C9H6F3N3S. The molecule has 7 heteroatoms. The van der Waals surface area contributed by atoms with Crippen molar-refractivity contribution in [3.8, 4) is 11.4 Å². The summed E-state index contributed by atoms with van der Waals surface area (Å²) in [7, 11) is 1.55. The topological polar surface area (TPSA) is 33.6 Å². The summed E-state index contributed by atoms with van der Waals surface area (Å²) in [6.45, 7) is 0. The van der Waals surface area contributed by atoms with E-state index in [1.54, 1.807) is 7.05 Å². The second kappa shape index (κ2) is 3.75. The monoisotopic (exact) mass is 245 g/mol. The number of aromatic nitrogens is 3. The lowest BCUT2D eigenvalue weighted by molar-refractivity contribution is 0.546. The Morgan fingerprint density at radius 3 is 2.25 bits per heavy atom. The Bertz CT molecular complexity index is 579. The number of aromatic amines is 1. The lowest BCUT2D eigenvalue weighted by Gasteiger charge is -2.01. The third kappa shape index (κ3) is 1.73. The fraction of sp³-hybridized carbons (Fsp3) is 0.111. The number of benzene rings is 1. The van der Waals surface area contributed by atoms with Crippen molar-refractivity contribution in [2.45, 2.75) is 0 Å². The van der Waals surface area contributed by atoms with Crippen molar-refractivity contribution >= 4 is 12.2 Å². The quantitative estimate of drug-likeness (QED) is 0.783. The minimum atomic E-state index is -1.03. The number of nitrogens with one attached hydrogen (secondary N) is 1. The van der Waals surface area contributed by atoms with Gasteiger partial charge in [0.2, 0.25) is 4.77 Å². The molecule has 2 rings (SSSR count). The van der Waals surface area contributed by atoms with Crippen molar-refractivity contribution in [1.29, 1.82) is 0 Å². The van der Waals surface area contributed by atoms with Gasteiger partial charge in [0.05, 0.1) is 5.56 Å². The van der Waals surface area contributed by atoms with E-state index in [2.05, 4.69) is 10.1 Å². The van der Waals surface area contributed by atoms with Gasteiger partial charge < -0.3 is 0 Å². The molecule has 1 N–H and O–H groups in total. The molecule has 0 saturated carbocycles. The van der Waals surface area contributed by atoms with Crippen LogP contribution in [0.1, 0.15) is 0 Å². The average molecular weight is 245 g/mol. The number of hydrogen-bond donors (Lipinski definition) is 1. The zero-order chi connectivity index (χ0) is 11.9. The van der Waals surface area contributed by atoms with Crippen LogP contribution in [0.15, 0.2) is 12.1 Å². The van der Waals surface area contributed by atoms with Crippen molar-refractivity contribution in [3.63, 3.8) is 0 Å². The normalized spacial score (nSPS) is 10.8. The highest BCUT2D eigenvalue weighted by Gasteiger charge is 2.16. The summed E-state index contributed by atoms with van der Waals surface area (Å²) in [5, 5.41) is 2.56. The van der Waals surface area contributed by atoms with Gasteiger partial charge in [-0.05, 0) is 12.2 Å². The zero-order valence-corrected chi connectivity index (χ0v) is 8.91. The molecule has 0 amide bonds. The zero-order valence-electron chi connectivity index (χ0n) is 8.09. The van der Waals surface area contributed by atoms with Crippen LogP contribution in [0, 0.1) is 22.2 Å². The fourth-order valence-corrected chi connectivity index (χ4v) is 1.42. The third-order valence-electron chi connectivity index (χ3n) is 2.01. The second-order valence-corrected chi connectivity index (χ2v) is 3.52. The number of hydrogen-bond acceptors (Lipinski definition) is 2. The smallest absolute Gasteiger partial charge is 0.216 e. The Labute approximate surface area is 93.5 Å². The minimum absolute atomic E-state index is 0.0671. The third-order valence-corrected chi connectivity index (χ3v) is 2.38. The highest BCUT2D eigenvalue weighted by atomic mass is 32.1. The van der Waals surface area contributed by atoms with Gasteiger partial charge in [-0.3, -0.25) is 9.78 Å². The summed E-state index contributed by atoms with van der Waals surface area (Å²) < 4.78 is 40.9. The molecule has 84 valence electrons. The van der Waals surface area contributed by atoms with Crippen LogP contribution < -0.4 is 0 Å². The molecule has 1 aromatic carbocycles. The van der Waals surface area contributed by atoms with Crippen LogP contribution >= 0.6 is 12.2 Å². The molecule has 0 spiro atoms. The lowest BCUT2D eigenvalue weighted by Crippen LogP contribution is -1.95. The van der Waals surface area contributed by atoms with Crippen LogP contribution in [0.3, 0.4) is 0 Å². The van der Waals surface area contributed by atoms with E-state index in [0.717, 1.165) is 0 Å². The molecule has 0 aliphatic carbocycles. The van der Waals surface area contributed by atoms with Gasteiger partial charge in [0.15, 0.2) is 5.82 Å². The van der Waals surface area contributed by atoms with Gasteiger partial charge >= 0.3 is 0 Å². The van der Waals surface area contributed by atoms with Gasteiger partial charge in [-0.25, -0.2) is 13.2 Å². The highest BCUT2D eigenvalue weighted by molar-refractivity contribution is 7.71. The first-order valence-corrected chi connectivity index (χ1v) is 4.68. The van der Waals surface area contributed by atoms with Crippen LogP contribution in [0.4, 0.5) is 13.2 Å². The molecule has 0 unspecified atom stereocenters. The van der Waals surface area contributed by atoms with E-state index in [4.69, 9.17) is 12.2 Å². The van der Waals surface area contributed by atoms with E-state index < -0.39 is 23.0 Å². The van der Waals surface area contributed by atoms with Crippen LogP contribution in [-0.4, -0.2) is 14.8 Å². The molecular weight excluding hydrogens is 239 g/mol. The van der Waals surface area contributed by atoms with Crippen LogP contribution in [0.2, 0.25) is 0 Å². The van der Waals surface area contributed by atoms with Crippen molar-refractivity contribution < 1.29 is 13.2 Å². The largest absolute Gasteiger partial charge is 0.279 e. The summed E-state index contributed by atoms with van der Waals surface area (Å²) in [4.78, 5) is 3.75. The van der Waals surface area contributed by atoms with E-state index in [9.17, 15) is 13.2 Å². The lowest BCUT2D eigenvalue weighted by atomic mass is 10.2. The molecule has 3 nitrogen and oxygen atoms in total. The van der Waals surface area contributed by atoms with Crippen LogP contribution in [0.5, 0.6) is 0 Å². The molecule has 1 heterocycles. The first-order valence-electron chi connectivity index (χ1n) is 4.27. The Morgan fingerprint density at radius 1 is 1.25 bits per heavy atom. The molecule has 2 aromatic rings. The van der Waals surface area contributed by atoms with Crippen molar-refractivity contribution in [1.82, 2.24) is 14.8 Å². The minimum Gasteiger partial charge on any atom is -0.279 e. The summed E-state index contributed by atoms with van der Waals surface area (Å²) in [5.41, 5.74) is -0.423. The van der Waals surface area contributed by atoms with Gasteiger partial charge in [0.1, 0.15) is 17.5 Å². The molecule has 1 aromatic heterocycles. The van der Waals surface area contributed by atoms with Gasteiger partial charge in [0, 0.05) is 19.2 Å². The van der Waals surface area contributed by atoms with E-state index >= 15 is 0 Å². The Hall–Kier alpha value is -1.63. The second-order valence-electron chi connectivity index (χ2n) is 3.16. The summed E-state index contributed by atoms with van der Waals surface area (Å²) >= 11 is 4.79. The van der Waals surface area contributed by atoms with Gasteiger partial charge in [-0.15, -0.1) is 0 Å². The maximum absolute atomic E-state index is 13.4. The van der Waals surface area contributed by atoms with Gasteiger partial charge in [-0.1, -0.05) is 0 Å². The number of rotatable bonds is 1. The predicted molar refractivity (Wildman–Crippen MR) is 53.7 cm³/mol. The molecule has 0 aliphatic heterocycles. The number of H-pyrrole nitrogens is 1. The van der Waals surface area contributed by atoms with Crippen LogP contribution in [-0.2, 0) is 7.05 Å². The number of aryl methyl sites for hydroxylation is 1. The molecule has 0 radical (unpaired) electrons. The van der Waals surface area contributed by atoms with E-state index in [1.807, 2.05) is 0 Å². The molecule has 0 saturated heterocycles. The Morgan fingerprint density at radius 2 is 1.81 bits per heavy atom. The Balaban J connectivity index is 2.69. The van der Waals surface area contributed by atoms with Crippen molar-refractivity contribution in [3.05, 3.63) is 34.4 Å². The molecule has 0 bridgehead atoms. The standard InChI is InChI=1S/C9H6F3N3S/c1-15-9(16)13-8(14-15)7-5(11)2-4(10)3-6(7)12/h2-3H,1H3,(H,13,14,16). The predicted octanol–water partition coefficient (Wildman–Crippen LogP) is 2.56. The first-order chi connectivity index (χ1) is 7.49. The fourth-order valence-electron chi connectivity index (χ4n) is 1.28. The van der Waals surface area contributed by atoms with Crippen molar-refractivity contribution in [2.24, 2.45) is 7.05 Å². The molecule has 16 heavy (non-hydrogen) atoms. The maximum Gasteiger partial charge on any atom is 0.216 e. The van der Waals surface area contributed by atoms with Gasteiger partial charge in [0.25, 0.3) is 0 Å². The molecule has 0 aliphatic rings. The van der Waals surface area contributed by atoms with E-state index in [1.165, 1.54) is 4.68 Å². The van der Waals surface area contributed by atoms with Crippen molar-refractivity contribution in [2.75, 3.05) is 0 Å². The SMILES string of the molecule is Cn1[nH]c(-c2c(F)cc(F)cc2F)nc1=S.